The van der Waals surface area contributed by atoms with Crippen molar-refractivity contribution in [3.63, 3.8) is 0 Å². The van der Waals surface area contributed by atoms with Crippen molar-refractivity contribution in [3.8, 4) is 5.75 Å². The fourth-order valence-corrected chi connectivity index (χ4v) is 3.58. The minimum absolute atomic E-state index is 0. The van der Waals surface area contributed by atoms with Crippen molar-refractivity contribution in [2.45, 2.75) is 32.0 Å². The lowest BCUT2D eigenvalue weighted by molar-refractivity contribution is 0.140. The molecule has 1 aliphatic rings. The molecule has 176 valence electrons. The molecule has 2 atom stereocenters. The van der Waals surface area contributed by atoms with Gasteiger partial charge in [0.25, 0.3) is 0 Å². The molecule has 0 amide bonds. The van der Waals surface area contributed by atoms with Crippen molar-refractivity contribution >= 4 is 29.9 Å². The van der Waals surface area contributed by atoms with Gasteiger partial charge in [-0.05, 0) is 50.3 Å². The third-order valence-electron chi connectivity index (χ3n) is 5.42. The van der Waals surface area contributed by atoms with Crippen LogP contribution in [-0.2, 0) is 11.3 Å². The number of nitrogens with one attached hydrogen (secondary N) is 2. The van der Waals surface area contributed by atoms with E-state index in [9.17, 15) is 4.39 Å². The highest BCUT2D eigenvalue weighted by Gasteiger charge is 2.19. The number of hydrogen-bond acceptors (Lipinski definition) is 4. The number of halogens is 2. The monoisotopic (exact) mass is 556 g/mol. The third kappa shape index (κ3) is 7.60. The number of ether oxygens (including phenoxy) is 2. The summed E-state index contributed by atoms with van der Waals surface area (Å²) in [5, 5.41) is 6.76. The Hall–Kier alpha value is -1.91. The van der Waals surface area contributed by atoms with E-state index in [0.717, 1.165) is 35.5 Å². The molecule has 0 bridgehead atoms. The van der Waals surface area contributed by atoms with Crippen LogP contribution in [0.25, 0.3) is 0 Å². The molecule has 1 aliphatic heterocycles. The predicted octanol–water partition coefficient (Wildman–Crippen LogP) is 3.89. The molecule has 8 heteroatoms. The topological polar surface area (TPSA) is 58.1 Å². The van der Waals surface area contributed by atoms with Gasteiger partial charge in [0.1, 0.15) is 17.7 Å². The Morgan fingerprint density at radius 1 is 1.22 bits per heavy atom. The molecule has 3 rings (SSSR count). The summed E-state index contributed by atoms with van der Waals surface area (Å²) in [6, 6.07) is 13.0. The van der Waals surface area contributed by atoms with Crippen molar-refractivity contribution in [1.82, 2.24) is 15.5 Å². The second-order valence-corrected chi connectivity index (χ2v) is 8.05. The molecule has 0 saturated carbocycles. The summed E-state index contributed by atoms with van der Waals surface area (Å²) in [6.07, 6.45) is 1.02. The summed E-state index contributed by atoms with van der Waals surface area (Å²) in [4.78, 5) is 6.45. The highest BCUT2D eigenvalue weighted by Crippen LogP contribution is 2.24. The average Bonchev–Trinajstić information content (AvgIpc) is 3.25. The standard InChI is InChI=1S/C24H33FN4O2.HI/c1-17-5-6-19(23(13-17)31-21-11-12-30-16-21)14-27-24(26-2)28-15-22(29(3)4)18-7-9-20(25)10-8-18;/h5-10,13,21-22H,11-12,14-16H2,1-4H3,(H2,26,27,28);1H. The predicted molar refractivity (Wildman–Crippen MR) is 137 cm³/mol. The largest absolute Gasteiger partial charge is 0.488 e. The lowest BCUT2D eigenvalue weighted by atomic mass is 10.1. The lowest BCUT2D eigenvalue weighted by Gasteiger charge is -2.26. The van der Waals surface area contributed by atoms with Gasteiger partial charge in [0.2, 0.25) is 0 Å². The average molecular weight is 556 g/mol. The molecule has 2 unspecified atom stereocenters. The first-order valence-corrected chi connectivity index (χ1v) is 10.7. The van der Waals surface area contributed by atoms with Crippen LogP contribution in [0.5, 0.6) is 5.75 Å². The van der Waals surface area contributed by atoms with Gasteiger partial charge < -0.3 is 25.0 Å². The minimum atomic E-state index is -0.230. The van der Waals surface area contributed by atoms with Crippen LogP contribution in [0.4, 0.5) is 4.39 Å². The first-order valence-electron chi connectivity index (χ1n) is 10.7. The van der Waals surface area contributed by atoms with Crippen LogP contribution >= 0.6 is 24.0 Å². The van der Waals surface area contributed by atoms with Gasteiger partial charge in [0, 0.05) is 32.1 Å². The Morgan fingerprint density at radius 2 is 1.97 bits per heavy atom. The van der Waals surface area contributed by atoms with Crippen LogP contribution in [0.3, 0.4) is 0 Å². The maximum Gasteiger partial charge on any atom is 0.191 e. The number of benzene rings is 2. The van der Waals surface area contributed by atoms with Gasteiger partial charge in [-0.1, -0.05) is 24.3 Å². The molecular formula is C24H34FIN4O2. The maximum atomic E-state index is 13.3. The van der Waals surface area contributed by atoms with E-state index in [-0.39, 0.29) is 41.9 Å². The van der Waals surface area contributed by atoms with E-state index in [1.54, 1.807) is 7.05 Å². The molecule has 2 aromatic rings. The third-order valence-corrected chi connectivity index (χ3v) is 5.42. The number of aryl methyl sites for hydroxylation is 1. The van der Waals surface area contributed by atoms with Crippen LogP contribution in [-0.4, -0.2) is 57.9 Å². The first kappa shape index (κ1) is 26.3. The van der Waals surface area contributed by atoms with Crippen molar-refractivity contribution < 1.29 is 13.9 Å². The summed E-state index contributed by atoms with van der Waals surface area (Å²) in [6.45, 7) is 4.68. The van der Waals surface area contributed by atoms with E-state index in [2.05, 4.69) is 45.6 Å². The fourth-order valence-electron chi connectivity index (χ4n) is 3.58. The zero-order valence-electron chi connectivity index (χ0n) is 19.2. The number of likely N-dealkylation sites (N-methyl/N-ethyl adjacent to an activating group) is 1. The summed E-state index contributed by atoms with van der Waals surface area (Å²) < 4.78 is 24.9. The Balaban J connectivity index is 0.00000363. The van der Waals surface area contributed by atoms with Crippen LogP contribution in [0.1, 0.15) is 29.2 Å². The SMILES string of the molecule is CN=C(NCc1ccc(C)cc1OC1CCOC1)NCC(c1ccc(F)cc1)N(C)C.I. The second kappa shape index (κ2) is 13.0. The van der Waals surface area contributed by atoms with Crippen LogP contribution in [0.2, 0.25) is 0 Å². The molecule has 32 heavy (non-hydrogen) atoms. The van der Waals surface area contributed by atoms with E-state index in [1.807, 2.05) is 26.2 Å². The smallest absolute Gasteiger partial charge is 0.191 e. The van der Waals surface area contributed by atoms with E-state index in [4.69, 9.17) is 9.47 Å². The van der Waals surface area contributed by atoms with Gasteiger partial charge in [0.05, 0.1) is 19.3 Å². The molecular weight excluding hydrogens is 522 g/mol. The fraction of sp³-hybridized carbons (Fsp3) is 0.458. The van der Waals surface area contributed by atoms with Crippen LogP contribution < -0.4 is 15.4 Å². The van der Waals surface area contributed by atoms with Gasteiger partial charge in [0.15, 0.2) is 5.96 Å². The molecule has 0 aromatic heterocycles. The molecule has 0 aliphatic carbocycles. The molecule has 2 aromatic carbocycles. The molecule has 6 nitrogen and oxygen atoms in total. The first-order chi connectivity index (χ1) is 15.0. The van der Waals surface area contributed by atoms with Gasteiger partial charge in [-0.3, -0.25) is 4.99 Å². The van der Waals surface area contributed by atoms with E-state index >= 15 is 0 Å². The number of hydrogen-bond donors (Lipinski definition) is 2. The molecule has 1 saturated heterocycles. The van der Waals surface area contributed by atoms with Crippen molar-refractivity contribution in [2.24, 2.45) is 4.99 Å². The Bertz CT molecular complexity index is 871. The van der Waals surface area contributed by atoms with Crippen molar-refractivity contribution in [3.05, 3.63) is 65.0 Å². The van der Waals surface area contributed by atoms with Crippen LogP contribution in [0, 0.1) is 12.7 Å². The molecule has 0 radical (unpaired) electrons. The van der Waals surface area contributed by atoms with Crippen molar-refractivity contribution in [1.29, 1.82) is 0 Å². The quantitative estimate of drug-likeness (QED) is 0.294. The maximum absolute atomic E-state index is 13.3. The molecule has 2 N–H and O–H groups in total. The zero-order chi connectivity index (χ0) is 22.2. The lowest BCUT2D eigenvalue weighted by Crippen LogP contribution is -2.41. The summed E-state index contributed by atoms with van der Waals surface area (Å²) >= 11 is 0. The number of rotatable bonds is 8. The minimum Gasteiger partial charge on any atom is -0.488 e. The summed E-state index contributed by atoms with van der Waals surface area (Å²) in [5.41, 5.74) is 3.28. The Morgan fingerprint density at radius 3 is 2.59 bits per heavy atom. The summed E-state index contributed by atoms with van der Waals surface area (Å²) in [5.74, 6) is 1.35. The van der Waals surface area contributed by atoms with Gasteiger partial charge in [-0.2, -0.15) is 0 Å². The Kier molecular flexibility index (Phi) is 10.7. The number of nitrogens with zero attached hydrogens (tertiary/aromatic N) is 2. The van der Waals surface area contributed by atoms with Crippen LogP contribution in [0.15, 0.2) is 47.5 Å². The van der Waals surface area contributed by atoms with E-state index in [1.165, 1.54) is 12.1 Å². The number of guanidine groups is 1. The number of aliphatic imine (C=N–C) groups is 1. The van der Waals surface area contributed by atoms with Gasteiger partial charge in [-0.15, -0.1) is 24.0 Å². The Labute approximate surface area is 207 Å². The van der Waals surface area contributed by atoms with E-state index in [0.29, 0.717) is 25.7 Å². The highest BCUT2D eigenvalue weighted by atomic mass is 127. The molecule has 0 spiro atoms. The second-order valence-electron chi connectivity index (χ2n) is 8.05. The zero-order valence-corrected chi connectivity index (χ0v) is 21.6. The summed E-state index contributed by atoms with van der Waals surface area (Å²) in [7, 11) is 5.77. The highest BCUT2D eigenvalue weighted by molar-refractivity contribution is 14.0. The van der Waals surface area contributed by atoms with Crippen molar-refractivity contribution in [2.75, 3.05) is 40.9 Å². The van der Waals surface area contributed by atoms with Gasteiger partial charge in [-0.25, -0.2) is 4.39 Å². The molecule has 1 fully saturated rings. The molecule has 1 heterocycles. The van der Waals surface area contributed by atoms with Gasteiger partial charge >= 0.3 is 0 Å². The van der Waals surface area contributed by atoms with E-state index < -0.39 is 0 Å². The normalized spacial score (nSPS) is 17.1.